The molecule has 0 heterocycles. The molecule has 0 unspecified atom stereocenters. The summed E-state index contributed by atoms with van der Waals surface area (Å²) in [5.41, 5.74) is 1.99. The van der Waals surface area contributed by atoms with Crippen LogP contribution in [0.4, 0.5) is 5.69 Å². The first-order valence-corrected chi connectivity index (χ1v) is 6.61. The van der Waals surface area contributed by atoms with E-state index in [0.717, 1.165) is 30.5 Å². The maximum atomic E-state index is 11.7. The minimum atomic E-state index is 0.0722. The van der Waals surface area contributed by atoms with Crippen LogP contribution in [0.5, 0.6) is 0 Å². The van der Waals surface area contributed by atoms with Crippen molar-refractivity contribution in [2.75, 3.05) is 11.9 Å². The van der Waals surface area contributed by atoms with Crippen LogP contribution >= 0.6 is 0 Å². The highest BCUT2D eigenvalue weighted by molar-refractivity contribution is 5.90. The van der Waals surface area contributed by atoms with E-state index in [1.54, 1.807) is 0 Å². The van der Waals surface area contributed by atoms with E-state index in [1.165, 1.54) is 0 Å². The number of benzene rings is 1. The summed E-state index contributed by atoms with van der Waals surface area (Å²) in [5, 5.41) is 11.7. The van der Waals surface area contributed by atoms with Gasteiger partial charge in [0.05, 0.1) is 0 Å². The molecule has 0 aliphatic rings. The molecule has 1 rings (SSSR count). The highest BCUT2D eigenvalue weighted by atomic mass is 16.2. The van der Waals surface area contributed by atoms with E-state index in [2.05, 4.69) is 19.2 Å². The Hall–Kier alpha value is -1.35. The zero-order valence-corrected chi connectivity index (χ0v) is 11.3. The summed E-state index contributed by atoms with van der Waals surface area (Å²) in [4.78, 5) is 11.7. The predicted octanol–water partition coefficient (Wildman–Crippen LogP) is 2.99. The molecule has 0 aliphatic carbocycles. The van der Waals surface area contributed by atoms with Gasteiger partial charge in [0.25, 0.3) is 0 Å². The van der Waals surface area contributed by atoms with Crippen molar-refractivity contribution in [3.63, 3.8) is 0 Å². The zero-order valence-electron chi connectivity index (χ0n) is 11.3. The van der Waals surface area contributed by atoms with Crippen molar-refractivity contribution in [1.29, 1.82) is 0 Å². The number of hydrogen-bond donors (Lipinski definition) is 2. The Labute approximate surface area is 109 Å². The molecule has 0 aromatic heterocycles. The molecule has 1 amide bonds. The van der Waals surface area contributed by atoms with Crippen LogP contribution in [0.1, 0.15) is 38.7 Å². The van der Waals surface area contributed by atoms with Crippen LogP contribution in [-0.2, 0) is 11.2 Å². The van der Waals surface area contributed by atoms with Gasteiger partial charge < -0.3 is 10.4 Å². The molecule has 0 saturated carbocycles. The number of aryl methyl sites for hydroxylation is 1. The standard InChI is InChI=1S/C15H23NO2/c1-12(2)8-9-15(18)16-14-7-3-5-13(11-14)6-4-10-17/h3,5,7,11-12,17H,4,6,8-10H2,1-2H3,(H,16,18). The third kappa shape index (κ3) is 5.82. The van der Waals surface area contributed by atoms with Gasteiger partial charge in [-0.2, -0.15) is 0 Å². The van der Waals surface area contributed by atoms with E-state index in [-0.39, 0.29) is 12.5 Å². The summed E-state index contributed by atoms with van der Waals surface area (Å²) in [5.74, 6) is 0.620. The Kier molecular flexibility index (Phi) is 6.44. The molecule has 2 N–H and O–H groups in total. The fourth-order valence-corrected chi connectivity index (χ4v) is 1.73. The fourth-order valence-electron chi connectivity index (χ4n) is 1.73. The van der Waals surface area contributed by atoms with Crippen LogP contribution in [-0.4, -0.2) is 17.6 Å². The number of hydrogen-bond acceptors (Lipinski definition) is 2. The molecule has 0 spiro atoms. The van der Waals surface area contributed by atoms with Gasteiger partial charge in [-0.25, -0.2) is 0 Å². The van der Waals surface area contributed by atoms with Crippen molar-refractivity contribution in [2.45, 2.75) is 39.5 Å². The number of nitrogens with one attached hydrogen (secondary N) is 1. The lowest BCUT2D eigenvalue weighted by Crippen LogP contribution is -2.12. The van der Waals surface area contributed by atoms with E-state index >= 15 is 0 Å². The average Bonchev–Trinajstić information content (AvgIpc) is 2.34. The van der Waals surface area contributed by atoms with E-state index < -0.39 is 0 Å². The minimum absolute atomic E-state index is 0.0722. The Balaban J connectivity index is 2.48. The van der Waals surface area contributed by atoms with Crippen LogP contribution in [0.25, 0.3) is 0 Å². The van der Waals surface area contributed by atoms with Crippen molar-refractivity contribution in [3.05, 3.63) is 29.8 Å². The molecule has 0 saturated heterocycles. The first-order chi connectivity index (χ1) is 8.61. The van der Waals surface area contributed by atoms with Crippen molar-refractivity contribution >= 4 is 11.6 Å². The Morgan fingerprint density at radius 2 is 2.17 bits per heavy atom. The van der Waals surface area contributed by atoms with Crippen molar-refractivity contribution in [1.82, 2.24) is 0 Å². The van der Waals surface area contributed by atoms with Gasteiger partial charge >= 0.3 is 0 Å². The number of carbonyl (C=O) groups excluding carboxylic acids is 1. The van der Waals surface area contributed by atoms with Crippen LogP contribution in [0, 0.1) is 5.92 Å². The first-order valence-electron chi connectivity index (χ1n) is 6.61. The van der Waals surface area contributed by atoms with Crippen LogP contribution in [0.3, 0.4) is 0 Å². The van der Waals surface area contributed by atoms with Gasteiger partial charge in [-0.3, -0.25) is 4.79 Å². The van der Waals surface area contributed by atoms with Crippen molar-refractivity contribution in [3.8, 4) is 0 Å². The molecular formula is C15H23NO2. The second-order valence-electron chi connectivity index (χ2n) is 5.01. The van der Waals surface area contributed by atoms with Gasteiger partial charge in [-0.05, 0) is 42.9 Å². The predicted molar refractivity (Wildman–Crippen MR) is 74.6 cm³/mol. The van der Waals surface area contributed by atoms with Gasteiger partial charge in [-0.1, -0.05) is 26.0 Å². The van der Waals surface area contributed by atoms with E-state index in [0.29, 0.717) is 12.3 Å². The summed E-state index contributed by atoms with van der Waals surface area (Å²) in [7, 11) is 0. The smallest absolute Gasteiger partial charge is 0.224 e. The monoisotopic (exact) mass is 249 g/mol. The van der Waals surface area contributed by atoms with Crippen LogP contribution in [0.2, 0.25) is 0 Å². The van der Waals surface area contributed by atoms with E-state index in [4.69, 9.17) is 5.11 Å². The summed E-state index contributed by atoms with van der Waals surface area (Å²) in [6.45, 7) is 4.43. The molecule has 18 heavy (non-hydrogen) atoms. The number of carbonyl (C=O) groups is 1. The molecular weight excluding hydrogens is 226 g/mol. The van der Waals surface area contributed by atoms with Crippen LogP contribution < -0.4 is 5.32 Å². The number of aliphatic hydroxyl groups excluding tert-OH is 1. The SMILES string of the molecule is CC(C)CCC(=O)Nc1cccc(CCCO)c1. The topological polar surface area (TPSA) is 49.3 Å². The second-order valence-corrected chi connectivity index (χ2v) is 5.01. The van der Waals surface area contributed by atoms with Gasteiger partial charge in [0.2, 0.25) is 5.91 Å². The third-order valence-electron chi connectivity index (χ3n) is 2.78. The number of amides is 1. The summed E-state index contributed by atoms with van der Waals surface area (Å²) < 4.78 is 0. The maximum absolute atomic E-state index is 11.7. The van der Waals surface area contributed by atoms with Gasteiger partial charge in [-0.15, -0.1) is 0 Å². The molecule has 1 aromatic carbocycles. The highest BCUT2D eigenvalue weighted by Crippen LogP contribution is 2.13. The first kappa shape index (κ1) is 14.7. The van der Waals surface area contributed by atoms with Crippen molar-refractivity contribution in [2.24, 2.45) is 5.92 Å². The van der Waals surface area contributed by atoms with Gasteiger partial charge in [0.1, 0.15) is 0 Å². The molecule has 0 fully saturated rings. The molecule has 100 valence electrons. The molecule has 0 aliphatic heterocycles. The second kappa shape index (κ2) is 7.88. The number of rotatable bonds is 7. The van der Waals surface area contributed by atoms with Gasteiger partial charge in [0, 0.05) is 18.7 Å². The lowest BCUT2D eigenvalue weighted by Gasteiger charge is -2.08. The quantitative estimate of drug-likeness (QED) is 0.780. The molecule has 3 heteroatoms. The number of aliphatic hydroxyl groups is 1. The molecule has 1 aromatic rings. The highest BCUT2D eigenvalue weighted by Gasteiger charge is 2.04. The van der Waals surface area contributed by atoms with Crippen LogP contribution in [0.15, 0.2) is 24.3 Å². The summed E-state index contributed by atoms with van der Waals surface area (Å²) in [6.07, 6.45) is 3.07. The number of anilines is 1. The summed E-state index contributed by atoms with van der Waals surface area (Å²) >= 11 is 0. The Morgan fingerprint density at radius 1 is 1.39 bits per heavy atom. The normalized spacial score (nSPS) is 10.7. The minimum Gasteiger partial charge on any atom is -0.396 e. The van der Waals surface area contributed by atoms with E-state index in [1.807, 2.05) is 24.3 Å². The molecule has 0 atom stereocenters. The Bertz CT molecular complexity index is 375. The largest absolute Gasteiger partial charge is 0.396 e. The molecule has 0 bridgehead atoms. The van der Waals surface area contributed by atoms with Crippen molar-refractivity contribution < 1.29 is 9.90 Å². The lowest BCUT2D eigenvalue weighted by atomic mass is 10.1. The lowest BCUT2D eigenvalue weighted by molar-refractivity contribution is -0.116. The third-order valence-corrected chi connectivity index (χ3v) is 2.78. The molecule has 3 nitrogen and oxygen atoms in total. The average molecular weight is 249 g/mol. The van der Waals surface area contributed by atoms with Gasteiger partial charge in [0.15, 0.2) is 0 Å². The Morgan fingerprint density at radius 3 is 2.83 bits per heavy atom. The zero-order chi connectivity index (χ0) is 13.4. The van der Waals surface area contributed by atoms with E-state index in [9.17, 15) is 4.79 Å². The summed E-state index contributed by atoms with van der Waals surface area (Å²) in [6, 6.07) is 7.82. The molecule has 0 radical (unpaired) electrons. The fraction of sp³-hybridized carbons (Fsp3) is 0.533. The maximum Gasteiger partial charge on any atom is 0.224 e.